The van der Waals surface area contributed by atoms with Gasteiger partial charge in [-0.3, -0.25) is 9.59 Å². The van der Waals surface area contributed by atoms with E-state index in [1.165, 1.54) is 0 Å². The molecule has 1 saturated carbocycles. The van der Waals surface area contributed by atoms with Crippen molar-refractivity contribution in [1.82, 2.24) is 9.80 Å². The molecule has 1 atom stereocenters. The van der Waals surface area contributed by atoms with Crippen LogP contribution in [0.15, 0.2) is 30.3 Å². The van der Waals surface area contributed by atoms with Gasteiger partial charge >= 0.3 is 0 Å². The van der Waals surface area contributed by atoms with Crippen LogP contribution in [0.3, 0.4) is 0 Å². The molecule has 1 aromatic carbocycles. The molecular weight excluding hydrogens is 364 g/mol. The lowest BCUT2D eigenvalue weighted by molar-refractivity contribution is -0.150. The van der Waals surface area contributed by atoms with Gasteiger partial charge < -0.3 is 9.80 Å². The Balaban J connectivity index is 1.75. The lowest BCUT2D eigenvalue weighted by atomic mass is 10.0. The lowest BCUT2D eigenvalue weighted by Crippen LogP contribution is -2.50. The van der Waals surface area contributed by atoms with Gasteiger partial charge in [0, 0.05) is 25.7 Å². The van der Waals surface area contributed by atoms with Crippen molar-refractivity contribution in [3.8, 4) is 0 Å². The molecule has 1 aromatic rings. The van der Waals surface area contributed by atoms with Crippen molar-refractivity contribution < 1.29 is 18.0 Å². The molecule has 6 nitrogen and oxygen atoms in total. The maximum absolute atomic E-state index is 13.3. The van der Waals surface area contributed by atoms with Crippen LogP contribution in [0, 0.1) is 5.41 Å². The highest BCUT2D eigenvalue weighted by Gasteiger charge is 2.60. The van der Waals surface area contributed by atoms with Crippen molar-refractivity contribution in [2.45, 2.75) is 45.7 Å². The fourth-order valence-corrected chi connectivity index (χ4v) is 5.67. The molecule has 2 amide bonds. The van der Waals surface area contributed by atoms with E-state index in [0.717, 1.165) is 5.56 Å². The molecule has 2 fully saturated rings. The summed E-state index contributed by atoms with van der Waals surface area (Å²) in [4.78, 5) is 29.8. The molecule has 0 radical (unpaired) electrons. The Morgan fingerprint density at radius 1 is 1.07 bits per heavy atom. The number of benzene rings is 1. The van der Waals surface area contributed by atoms with Crippen LogP contribution < -0.4 is 0 Å². The molecule has 1 saturated heterocycles. The number of rotatable bonds is 7. The molecule has 148 valence electrons. The highest BCUT2D eigenvalue weighted by Crippen LogP contribution is 2.49. The average Bonchev–Trinajstić information content (AvgIpc) is 3.39. The predicted octanol–water partition coefficient (Wildman–Crippen LogP) is 1.85. The number of hydrogen-bond acceptors (Lipinski definition) is 4. The summed E-state index contributed by atoms with van der Waals surface area (Å²) in [5, 5.41) is 0. The summed E-state index contributed by atoms with van der Waals surface area (Å²) >= 11 is 0. The molecule has 2 aliphatic rings. The largest absolute Gasteiger partial charge is 0.338 e. The van der Waals surface area contributed by atoms with Gasteiger partial charge in [-0.2, -0.15) is 0 Å². The molecule has 1 heterocycles. The fourth-order valence-electron chi connectivity index (χ4n) is 3.94. The Hall–Kier alpha value is -1.89. The van der Waals surface area contributed by atoms with Gasteiger partial charge in [-0.15, -0.1) is 0 Å². The van der Waals surface area contributed by atoms with Crippen LogP contribution in [0.25, 0.3) is 0 Å². The minimum absolute atomic E-state index is 0.0123. The second-order valence-corrected chi connectivity index (χ2v) is 9.76. The molecule has 27 heavy (non-hydrogen) atoms. The van der Waals surface area contributed by atoms with Crippen LogP contribution in [-0.4, -0.2) is 60.7 Å². The highest BCUT2D eigenvalue weighted by atomic mass is 32.2. The zero-order chi connectivity index (χ0) is 19.7. The van der Waals surface area contributed by atoms with E-state index in [2.05, 4.69) is 0 Å². The Bertz CT molecular complexity index is 803. The standard InChI is InChI=1S/C20H28N2O4S/c1-3-21(14-16-8-6-5-7-9-16)18(23)20(11-12-20)19(24)22(4-2)17-10-13-27(25,26)15-17/h5-9,17H,3-4,10-15H2,1-2H3. The van der Waals surface area contributed by atoms with Gasteiger partial charge in [0.1, 0.15) is 5.41 Å². The second kappa shape index (κ2) is 7.62. The van der Waals surface area contributed by atoms with Crippen LogP contribution >= 0.6 is 0 Å². The lowest BCUT2D eigenvalue weighted by Gasteiger charge is -2.33. The van der Waals surface area contributed by atoms with Crippen LogP contribution in [0.1, 0.15) is 38.7 Å². The normalized spacial score (nSPS) is 22.2. The van der Waals surface area contributed by atoms with E-state index in [4.69, 9.17) is 0 Å². The van der Waals surface area contributed by atoms with Crippen molar-refractivity contribution in [2.24, 2.45) is 5.41 Å². The number of carbonyl (C=O) groups is 2. The average molecular weight is 393 g/mol. The van der Waals surface area contributed by atoms with Gasteiger partial charge in [-0.1, -0.05) is 30.3 Å². The molecule has 7 heteroatoms. The van der Waals surface area contributed by atoms with Gasteiger partial charge in [0.2, 0.25) is 11.8 Å². The topological polar surface area (TPSA) is 74.8 Å². The summed E-state index contributed by atoms with van der Waals surface area (Å²) in [5.41, 5.74) is 0.0397. The van der Waals surface area contributed by atoms with Crippen molar-refractivity contribution in [3.63, 3.8) is 0 Å². The predicted molar refractivity (Wildman–Crippen MR) is 104 cm³/mol. The van der Waals surface area contributed by atoms with E-state index in [1.54, 1.807) is 9.80 Å². The van der Waals surface area contributed by atoms with E-state index in [0.29, 0.717) is 38.9 Å². The van der Waals surface area contributed by atoms with Gasteiger partial charge in [0.25, 0.3) is 0 Å². The first kappa shape index (κ1) is 19.9. The van der Waals surface area contributed by atoms with E-state index in [-0.39, 0.29) is 29.4 Å². The molecule has 3 rings (SSSR count). The Morgan fingerprint density at radius 3 is 2.22 bits per heavy atom. The zero-order valence-electron chi connectivity index (χ0n) is 16.1. The monoisotopic (exact) mass is 392 g/mol. The first-order valence-corrected chi connectivity index (χ1v) is 11.5. The van der Waals surface area contributed by atoms with E-state index in [9.17, 15) is 18.0 Å². The Kier molecular flexibility index (Phi) is 5.60. The molecular formula is C20H28N2O4S. The number of sulfone groups is 1. The third-order valence-corrected chi connectivity index (χ3v) is 7.46. The van der Waals surface area contributed by atoms with Crippen LogP contribution in [-0.2, 0) is 26.0 Å². The van der Waals surface area contributed by atoms with Crippen LogP contribution in [0.2, 0.25) is 0 Å². The zero-order valence-corrected chi connectivity index (χ0v) is 16.9. The summed E-state index contributed by atoms with van der Waals surface area (Å²) < 4.78 is 23.7. The number of carbonyl (C=O) groups excluding carboxylic acids is 2. The summed E-state index contributed by atoms with van der Waals surface area (Å²) in [6.45, 7) is 5.22. The third kappa shape index (κ3) is 4.03. The molecule has 0 spiro atoms. The smallest absolute Gasteiger partial charge is 0.238 e. The minimum Gasteiger partial charge on any atom is -0.338 e. The number of hydrogen-bond donors (Lipinski definition) is 0. The second-order valence-electron chi connectivity index (χ2n) is 7.54. The SMILES string of the molecule is CCN(Cc1ccccc1)C(=O)C1(C(=O)N(CC)C2CCS(=O)(=O)C2)CC1. The highest BCUT2D eigenvalue weighted by molar-refractivity contribution is 7.91. The fraction of sp³-hybridized carbons (Fsp3) is 0.600. The molecule has 0 N–H and O–H groups in total. The summed E-state index contributed by atoms with van der Waals surface area (Å²) in [7, 11) is -3.08. The summed E-state index contributed by atoms with van der Waals surface area (Å²) in [6, 6.07) is 9.44. The van der Waals surface area contributed by atoms with Crippen LogP contribution in [0.4, 0.5) is 0 Å². The minimum atomic E-state index is -3.08. The molecule has 1 aliphatic carbocycles. The summed E-state index contributed by atoms with van der Waals surface area (Å²) in [6.07, 6.45) is 1.56. The van der Waals surface area contributed by atoms with Gasteiger partial charge in [0.05, 0.1) is 11.5 Å². The van der Waals surface area contributed by atoms with Crippen molar-refractivity contribution in [2.75, 3.05) is 24.6 Å². The third-order valence-electron chi connectivity index (χ3n) is 5.70. The Morgan fingerprint density at radius 2 is 1.74 bits per heavy atom. The summed E-state index contributed by atoms with van der Waals surface area (Å²) in [5.74, 6) is -0.183. The van der Waals surface area contributed by atoms with Crippen LogP contribution in [0.5, 0.6) is 0 Å². The van der Waals surface area contributed by atoms with E-state index < -0.39 is 15.3 Å². The first-order valence-electron chi connectivity index (χ1n) is 9.68. The van der Waals surface area contributed by atoms with Crippen molar-refractivity contribution >= 4 is 21.7 Å². The van der Waals surface area contributed by atoms with Gasteiger partial charge in [-0.05, 0) is 38.7 Å². The van der Waals surface area contributed by atoms with Gasteiger partial charge in [-0.25, -0.2) is 8.42 Å². The quantitative estimate of drug-likeness (QED) is 0.664. The first-order chi connectivity index (χ1) is 12.8. The molecule has 0 bridgehead atoms. The molecule has 1 unspecified atom stereocenters. The van der Waals surface area contributed by atoms with E-state index >= 15 is 0 Å². The van der Waals surface area contributed by atoms with E-state index in [1.807, 2.05) is 44.2 Å². The molecule has 1 aliphatic heterocycles. The van der Waals surface area contributed by atoms with Crippen molar-refractivity contribution in [3.05, 3.63) is 35.9 Å². The number of amides is 2. The molecule has 0 aromatic heterocycles. The van der Waals surface area contributed by atoms with Gasteiger partial charge in [0.15, 0.2) is 9.84 Å². The number of nitrogens with zero attached hydrogens (tertiary/aromatic N) is 2. The maximum Gasteiger partial charge on any atom is 0.238 e. The Labute approximate surface area is 161 Å². The maximum atomic E-state index is 13.3. The van der Waals surface area contributed by atoms with Crippen molar-refractivity contribution in [1.29, 1.82) is 0 Å².